The third kappa shape index (κ3) is 4.53. The third-order valence-electron chi connectivity index (χ3n) is 2.84. The summed E-state index contributed by atoms with van der Waals surface area (Å²) in [6.45, 7) is 2.95. The van der Waals surface area contributed by atoms with E-state index in [1.165, 1.54) is 0 Å². The van der Waals surface area contributed by atoms with Crippen molar-refractivity contribution < 1.29 is 9.47 Å². The Morgan fingerprint density at radius 2 is 1.67 bits per heavy atom. The normalized spacial score (nSPS) is 10.5. The second-order valence-corrected chi connectivity index (χ2v) is 5.76. The van der Waals surface area contributed by atoms with E-state index in [-0.39, 0.29) is 0 Å². The quantitative estimate of drug-likeness (QED) is 0.575. The zero-order chi connectivity index (χ0) is 15.2. The van der Waals surface area contributed by atoms with Crippen LogP contribution in [0.3, 0.4) is 0 Å². The maximum absolute atomic E-state index is 6.00. The molecule has 21 heavy (non-hydrogen) atoms. The molecule has 0 spiro atoms. The van der Waals surface area contributed by atoms with Crippen LogP contribution in [-0.4, -0.2) is 6.61 Å². The lowest BCUT2D eigenvalue weighted by atomic mass is 10.2. The summed E-state index contributed by atoms with van der Waals surface area (Å²) in [5, 5.41) is 1.84. The van der Waals surface area contributed by atoms with Crippen molar-refractivity contribution in [1.82, 2.24) is 0 Å². The number of rotatable bonds is 6. The Bertz CT molecular complexity index is 617. The highest BCUT2D eigenvalue weighted by Crippen LogP contribution is 2.30. The van der Waals surface area contributed by atoms with Gasteiger partial charge in [-0.15, -0.1) is 0 Å². The summed E-state index contributed by atoms with van der Waals surface area (Å²) in [5.41, 5.74) is 2.09. The van der Waals surface area contributed by atoms with Gasteiger partial charge in [0.2, 0.25) is 0 Å². The first-order valence-electron chi connectivity index (χ1n) is 6.52. The van der Waals surface area contributed by atoms with Crippen molar-refractivity contribution in [3.05, 3.63) is 57.6 Å². The Kier molecular flexibility index (Phi) is 6.22. The number of benzene rings is 2. The zero-order valence-electron chi connectivity index (χ0n) is 11.5. The molecule has 0 unspecified atom stereocenters. The molecule has 2 rings (SSSR count). The Labute approximate surface area is 143 Å². The lowest BCUT2D eigenvalue weighted by Gasteiger charge is -2.13. The van der Waals surface area contributed by atoms with Crippen molar-refractivity contribution in [2.45, 2.75) is 18.9 Å². The van der Waals surface area contributed by atoms with Gasteiger partial charge in [-0.05, 0) is 42.3 Å². The van der Waals surface area contributed by atoms with E-state index in [4.69, 9.17) is 32.7 Å². The molecule has 2 nitrogen and oxygen atoms in total. The van der Waals surface area contributed by atoms with Crippen molar-refractivity contribution in [3.8, 4) is 11.5 Å². The van der Waals surface area contributed by atoms with Crippen LogP contribution < -0.4 is 9.47 Å². The molecule has 0 amide bonds. The summed E-state index contributed by atoms with van der Waals surface area (Å²) < 4.78 is 11.4. The van der Waals surface area contributed by atoms with Crippen molar-refractivity contribution in [3.63, 3.8) is 0 Å². The highest BCUT2D eigenvalue weighted by Gasteiger charge is 2.07. The fraction of sp³-hybridized carbons (Fsp3) is 0.250. The Morgan fingerprint density at radius 1 is 0.905 bits per heavy atom. The topological polar surface area (TPSA) is 18.5 Å². The van der Waals surface area contributed by atoms with Crippen LogP contribution in [0.1, 0.15) is 18.1 Å². The standard InChI is InChI=1S/C16H15BrCl2O2/c1-2-20-16-8-11(9-17)4-6-15(16)21-10-12-3-5-13(18)14(19)7-12/h3-8H,2,9-10H2,1H3. The van der Waals surface area contributed by atoms with Crippen LogP contribution in [0.25, 0.3) is 0 Å². The van der Waals surface area contributed by atoms with Gasteiger partial charge in [-0.25, -0.2) is 0 Å². The van der Waals surface area contributed by atoms with Gasteiger partial charge in [0, 0.05) is 5.33 Å². The number of hydrogen-bond donors (Lipinski definition) is 0. The molecule has 0 fully saturated rings. The van der Waals surface area contributed by atoms with E-state index in [1.807, 2.05) is 31.2 Å². The summed E-state index contributed by atoms with van der Waals surface area (Å²) in [6, 6.07) is 11.3. The maximum atomic E-state index is 6.00. The van der Waals surface area contributed by atoms with Crippen LogP contribution in [0, 0.1) is 0 Å². The molecular formula is C16H15BrCl2O2. The van der Waals surface area contributed by atoms with Gasteiger partial charge < -0.3 is 9.47 Å². The van der Waals surface area contributed by atoms with Crippen molar-refractivity contribution >= 4 is 39.1 Å². The Morgan fingerprint density at radius 3 is 2.33 bits per heavy atom. The average molecular weight is 390 g/mol. The first kappa shape index (κ1) is 16.5. The molecule has 0 aliphatic heterocycles. The SMILES string of the molecule is CCOc1cc(CBr)ccc1OCc1ccc(Cl)c(Cl)c1. The lowest BCUT2D eigenvalue weighted by molar-refractivity contribution is 0.269. The minimum Gasteiger partial charge on any atom is -0.490 e. The van der Waals surface area contributed by atoms with E-state index in [1.54, 1.807) is 12.1 Å². The molecule has 0 aliphatic carbocycles. The van der Waals surface area contributed by atoms with Crippen molar-refractivity contribution in [1.29, 1.82) is 0 Å². The van der Waals surface area contributed by atoms with Gasteiger partial charge in [-0.1, -0.05) is 51.3 Å². The van der Waals surface area contributed by atoms with Crippen LogP contribution in [0.15, 0.2) is 36.4 Å². The molecule has 0 atom stereocenters. The molecule has 0 radical (unpaired) electrons. The van der Waals surface area contributed by atoms with E-state index in [9.17, 15) is 0 Å². The first-order chi connectivity index (χ1) is 10.1. The Hall–Kier alpha value is -0.900. The highest BCUT2D eigenvalue weighted by molar-refractivity contribution is 9.08. The Balaban J connectivity index is 2.13. The van der Waals surface area contributed by atoms with Gasteiger partial charge in [0.1, 0.15) is 6.61 Å². The fourth-order valence-electron chi connectivity index (χ4n) is 1.81. The molecule has 0 aliphatic rings. The monoisotopic (exact) mass is 388 g/mol. The number of ether oxygens (including phenoxy) is 2. The molecular weight excluding hydrogens is 375 g/mol. The third-order valence-corrected chi connectivity index (χ3v) is 4.23. The van der Waals surface area contributed by atoms with Crippen molar-refractivity contribution in [2.75, 3.05) is 6.61 Å². The smallest absolute Gasteiger partial charge is 0.161 e. The largest absolute Gasteiger partial charge is 0.490 e. The molecule has 0 aromatic heterocycles. The molecule has 0 bridgehead atoms. The summed E-state index contributed by atoms with van der Waals surface area (Å²) in [5.74, 6) is 1.46. The van der Waals surface area contributed by atoms with Crippen molar-refractivity contribution in [2.24, 2.45) is 0 Å². The highest BCUT2D eigenvalue weighted by atomic mass is 79.9. The molecule has 2 aromatic rings. The number of hydrogen-bond acceptors (Lipinski definition) is 2. The fourth-order valence-corrected chi connectivity index (χ4v) is 2.48. The van der Waals surface area contributed by atoms with E-state index in [0.29, 0.717) is 29.0 Å². The molecule has 2 aromatic carbocycles. The van der Waals surface area contributed by atoms with E-state index in [2.05, 4.69) is 15.9 Å². The second-order valence-electron chi connectivity index (χ2n) is 4.38. The minimum absolute atomic E-state index is 0.407. The predicted octanol–water partition coefficient (Wildman–Crippen LogP) is 5.87. The first-order valence-corrected chi connectivity index (χ1v) is 8.40. The second kappa shape index (κ2) is 7.92. The molecule has 0 saturated heterocycles. The van der Waals surface area contributed by atoms with Crippen LogP contribution in [0.5, 0.6) is 11.5 Å². The molecule has 112 valence electrons. The number of halogens is 3. The number of alkyl halides is 1. The van der Waals surface area contributed by atoms with E-state index >= 15 is 0 Å². The average Bonchev–Trinajstić information content (AvgIpc) is 2.49. The summed E-state index contributed by atoms with van der Waals surface area (Å²) in [4.78, 5) is 0. The molecule has 0 N–H and O–H groups in total. The van der Waals surface area contributed by atoms with Gasteiger partial charge in [0.05, 0.1) is 16.7 Å². The van der Waals surface area contributed by atoms with Crippen LogP contribution in [0.2, 0.25) is 10.0 Å². The minimum atomic E-state index is 0.407. The summed E-state index contributed by atoms with van der Waals surface area (Å²) in [7, 11) is 0. The summed E-state index contributed by atoms with van der Waals surface area (Å²) >= 11 is 15.3. The predicted molar refractivity (Wildman–Crippen MR) is 91.0 cm³/mol. The molecule has 0 heterocycles. The van der Waals surface area contributed by atoms with E-state index in [0.717, 1.165) is 22.2 Å². The maximum Gasteiger partial charge on any atom is 0.161 e. The lowest BCUT2D eigenvalue weighted by Crippen LogP contribution is -2.00. The van der Waals surface area contributed by atoms with E-state index < -0.39 is 0 Å². The van der Waals surface area contributed by atoms with Gasteiger partial charge in [-0.3, -0.25) is 0 Å². The van der Waals surface area contributed by atoms with Crippen LogP contribution >= 0.6 is 39.1 Å². The van der Waals surface area contributed by atoms with Crippen LogP contribution in [0.4, 0.5) is 0 Å². The van der Waals surface area contributed by atoms with Gasteiger partial charge >= 0.3 is 0 Å². The molecule has 5 heteroatoms. The zero-order valence-corrected chi connectivity index (χ0v) is 14.6. The van der Waals surface area contributed by atoms with Gasteiger partial charge in [0.15, 0.2) is 11.5 Å². The van der Waals surface area contributed by atoms with Gasteiger partial charge in [0.25, 0.3) is 0 Å². The molecule has 0 saturated carbocycles. The summed E-state index contributed by atoms with van der Waals surface area (Å²) in [6.07, 6.45) is 0. The van der Waals surface area contributed by atoms with Crippen LogP contribution in [-0.2, 0) is 11.9 Å². The van der Waals surface area contributed by atoms with Gasteiger partial charge in [-0.2, -0.15) is 0 Å².